The zero-order valence-corrected chi connectivity index (χ0v) is 14.8. The van der Waals surface area contributed by atoms with Gasteiger partial charge in [0.2, 0.25) is 5.91 Å². The van der Waals surface area contributed by atoms with Crippen LogP contribution < -0.4 is 10.6 Å². The van der Waals surface area contributed by atoms with Crippen LogP contribution in [0.15, 0.2) is 12.4 Å². The van der Waals surface area contributed by atoms with E-state index in [1.54, 1.807) is 0 Å². The molecule has 0 spiro atoms. The van der Waals surface area contributed by atoms with Crippen molar-refractivity contribution in [3.63, 3.8) is 0 Å². The van der Waals surface area contributed by atoms with Gasteiger partial charge in [-0.15, -0.1) is 0 Å². The van der Waals surface area contributed by atoms with E-state index in [4.69, 9.17) is 0 Å². The quantitative estimate of drug-likeness (QED) is 0.664. The third-order valence-electron chi connectivity index (χ3n) is 4.94. The molecule has 2 atom stereocenters. The molecule has 1 aromatic heterocycles. The number of aromatic amines is 1. The van der Waals surface area contributed by atoms with E-state index >= 15 is 0 Å². The molecule has 2 fully saturated rings. The predicted octanol–water partition coefficient (Wildman–Crippen LogP) is 0.392. The molecule has 1 saturated carbocycles. The topological polar surface area (TPSA) is 121 Å². The molecule has 3 N–H and O–H groups in total. The van der Waals surface area contributed by atoms with Gasteiger partial charge in [0, 0.05) is 18.3 Å². The maximum Gasteiger partial charge on any atom is 0.287 e. The van der Waals surface area contributed by atoms with Gasteiger partial charge in [-0.2, -0.15) is 0 Å². The maximum absolute atomic E-state index is 12.5. The van der Waals surface area contributed by atoms with Crippen LogP contribution in [-0.4, -0.2) is 53.8 Å². The van der Waals surface area contributed by atoms with Gasteiger partial charge in [-0.1, -0.05) is 25.7 Å². The summed E-state index contributed by atoms with van der Waals surface area (Å²) < 4.78 is 24.0. The highest BCUT2D eigenvalue weighted by atomic mass is 32.2. The zero-order valence-electron chi connectivity index (χ0n) is 14.0. The average Bonchev–Trinajstić information content (AvgIpc) is 3.07. The molecule has 8 nitrogen and oxygen atoms in total. The highest BCUT2D eigenvalue weighted by Crippen LogP contribution is 2.24. The minimum Gasteiger partial charge on any atom is -0.350 e. The number of rotatable bonds is 4. The summed E-state index contributed by atoms with van der Waals surface area (Å²) in [4.78, 5) is 31.2. The van der Waals surface area contributed by atoms with Gasteiger partial charge in [0.05, 0.1) is 23.6 Å². The van der Waals surface area contributed by atoms with E-state index in [1.807, 2.05) is 0 Å². The van der Waals surface area contributed by atoms with E-state index in [2.05, 4.69) is 20.6 Å². The summed E-state index contributed by atoms with van der Waals surface area (Å²) in [6.07, 6.45) is 8.99. The molecule has 25 heavy (non-hydrogen) atoms. The molecule has 0 radical (unpaired) electrons. The van der Waals surface area contributed by atoms with Gasteiger partial charge in [-0.05, 0) is 12.8 Å². The molecule has 2 heterocycles. The minimum atomic E-state index is -3.30. The van der Waals surface area contributed by atoms with E-state index in [1.165, 1.54) is 12.4 Å². The number of hydrogen-bond acceptors (Lipinski definition) is 5. The molecule has 1 aliphatic carbocycles. The van der Waals surface area contributed by atoms with Crippen molar-refractivity contribution < 1.29 is 18.0 Å². The van der Waals surface area contributed by atoms with Crippen LogP contribution in [0.25, 0.3) is 0 Å². The molecule has 9 heteroatoms. The lowest BCUT2D eigenvalue weighted by Gasteiger charge is -2.23. The predicted molar refractivity (Wildman–Crippen MR) is 91.6 cm³/mol. The summed E-state index contributed by atoms with van der Waals surface area (Å²) in [6, 6.07) is -1.24. The Balaban J connectivity index is 1.65. The van der Waals surface area contributed by atoms with Gasteiger partial charge in [0.1, 0.15) is 0 Å². The van der Waals surface area contributed by atoms with Gasteiger partial charge in [0.25, 0.3) is 5.91 Å². The molecule has 2 amide bonds. The van der Waals surface area contributed by atoms with Crippen LogP contribution in [-0.2, 0) is 14.6 Å². The maximum atomic E-state index is 12.5. The normalized spacial score (nSPS) is 26.7. The monoisotopic (exact) mass is 368 g/mol. The third-order valence-corrected chi connectivity index (χ3v) is 6.67. The first-order valence-electron chi connectivity index (χ1n) is 8.76. The fraction of sp³-hybridized carbons (Fsp3) is 0.688. The van der Waals surface area contributed by atoms with E-state index in [9.17, 15) is 18.0 Å². The summed E-state index contributed by atoms with van der Waals surface area (Å²) >= 11 is 0. The lowest BCUT2D eigenvalue weighted by atomic mass is 9.98. The van der Waals surface area contributed by atoms with Crippen LogP contribution in [0.5, 0.6) is 0 Å². The highest BCUT2D eigenvalue weighted by Gasteiger charge is 2.40. The lowest BCUT2D eigenvalue weighted by molar-refractivity contribution is -0.126. The number of carbonyl (C=O) groups excluding carboxylic acids is 2. The van der Waals surface area contributed by atoms with Crippen molar-refractivity contribution in [1.29, 1.82) is 0 Å². The van der Waals surface area contributed by atoms with Crippen LogP contribution >= 0.6 is 0 Å². The largest absolute Gasteiger partial charge is 0.350 e. The van der Waals surface area contributed by atoms with Gasteiger partial charge in [-0.25, -0.2) is 13.4 Å². The van der Waals surface area contributed by atoms with Crippen LogP contribution in [0.2, 0.25) is 0 Å². The Morgan fingerprint density at radius 3 is 2.28 bits per heavy atom. The van der Waals surface area contributed by atoms with Crippen LogP contribution in [0, 0.1) is 5.92 Å². The number of aromatic nitrogens is 2. The summed E-state index contributed by atoms with van der Waals surface area (Å²) in [7, 11) is -3.30. The van der Waals surface area contributed by atoms with Crippen LogP contribution in [0.1, 0.15) is 49.1 Å². The highest BCUT2D eigenvalue weighted by molar-refractivity contribution is 7.91. The van der Waals surface area contributed by atoms with Crippen molar-refractivity contribution in [1.82, 2.24) is 20.6 Å². The van der Waals surface area contributed by atoms with Crippen molar-refractivity contribution in [2.24, 2.45) is 5.92 Å². The SMILES string of the molecule is O=C(N[C@@H]1CS(=O)(=O)C[C@H]1NC(=O)C1CCCCCC1)c1ncc[nH]1. The first kappa shape index (κ1) is 17.9. The fourth-order valence-corrected chi connectivity index (χ4v) is 5.46. The van der Waals surface area contributed by atoms with Gasteiger partial charge in [0.15, 0.2) is 15.7 Å². The van der Waals surface area contributed by atoms with Gasteiger partial charge in [-0.3, -0.25) is 9.59 Å². The molecule has 2 aliphatic rings. The first-order valence-corrected chi connectivity index (χ1v) is 10.6. The molecule has 0 aromatic carbocycles. The van der Waals surface area contributed by atoms with E-state index in [0.717, 1.165) is 38.5 Å². The first-order chi connectivity index (χ1) is 11.9. The van der Waals surface area contributed by atoms with Gasteiger partial charge >= 0.3 is 0 Å². The number of sulfone groups is 1. The molecular formula is C16H24N4O4S. The molecule has 0 unspecified atom stereocenters. The lowest BCUT2D eigenvalue weighted by Crippen LogP contribution is -2.52. The number of nitrogens with one attached hydrogen (secondary N) is 3. The number of hydrogen-bond donors (Lipinski definition) is 3. The molecule has 1 aromatic rings. The van der Waals surface area contributed by atoms with Crippen molar-refractivity contribution in [3.8, 4) is 0 Å². The smallest absolute Gasteiger partial charge is 0.287 e. The Morgan fingerprint density at radius 2 is 1.68 bits per heavy atom. The second kappa shape index (κ2) is 7.55. The minimum absolute atomic E-state index is 0.0628. The molecule has 1 saturated heterocycles. The summed E-state index contributed by atoms with van der Waals surface area (Å²) in [5.41, 5.74) is 0. The summed E-state index contributed by atoms with van der Waals surface area (Å²) in [5, 5.41) is 5.55. The van der Waals surface area contributed by atoms with Crippen molar-refractivity contribution in [2.75, 3.05) is 11.5 Å². The average molecular weight is 368 g/mol. The molecule has 0 bridgehead atoms. The number of nitrogens with zero attached hydrogens (tertiary/aromatic N) is 1. The Kier molecular flexibility index (Phi) is 5.41. The zero-order chi connectivity index (χ0) is 17.9. The summed E-state index contributed by atoms with van der Waals surface area (Å²) in [6.45, 7) is 0. The Hall–Kier alpha value is -1.90. The van der Waals surface area contributed by atoms with E-state index < -0.39 is 27.8 Å². The number of H-pyrrole nitrogens is 1. The van der Waals surface area contributed by atoms with Gasteiger partial charge < -0.3 is 15.6 Å². The van der Waals surface area contributed by atoms with Crippen molar-refractivity contribution >= 4 is 21.7 Å². The number of amides is 2. The van der Waals surface area contributed by atoms with E-state index in [0.29, 0.717) is 0 Å². The Morgan fingerprint density at radius 1 is 1.04 bits per heavy atom. The Labute approximate surface area is 147 Å². The molecular weight excluding hydrogens is 344 g/mol. The third kappa shape index (κ3) is 4.59. The van der Waals surface area contributed by atoms with Crippen molar-refractivity contribution in [2.45, 2.75) is 50.6 Å². The molecule has 138 valence electrons. The van der Waals surface area contributed by atoms with Crippen molar-refractivity contribution in [3.05, 3.63) is 18.2 Å². The van der Waals surface area contributed by atoms with E-state index in [-0.39, 0.29) is 29.2 Å². The number of imidazole rings is 1. The van der Waals surface area contributed by atoms with Crippen LogP contribution in [0.3, 0.4) is 0 Å². The molecule has 3 rings (SSSR count). The summed E-state index contributed by atoms with van der Waals surface area (Å²) in [5.74, 6) is -0.823. The molecule has 1 aliphatic heterocycles. The Bertz CT molecular complexity index is 709. The fourth-order valence-electron chi connectivity index (χ4n) is 3.60. The van der Waals surface area contributed by atoms with Crippen LogP contribution in [0.4, 0.5) is 0 Å². The second-order valence-corrected chi connectivity index (χ2v) is 9.05. The standard InChI is InChI=1S/C16H24N4O4S/c21-15(11-5-3-1-2-4-6-11)19-12-9-25(23,24)10-13(12)20-16(22)14-17-7-8-18-14/h7-8,11-13H,1-6,9-10H2,(H,17,18)(H,19,21)(H,20,22)/t12-,13-/m1/s1. The number of carbonyl (C=O) groups is 2. The second-order valence-electron chi connectivity index (χ2n) is 6.90.